The molecule has 0 spiro atoms. The Morgan fingerprint density at radius 3 is 2.86 bits per heavy atom. The van der Waals surface area contributed by atoms with Crippen molar-refractivity contribution >= 4 is 33.9 Å². The van der Waals surface area contributed by atoms with Crippen molar-refractivity contribution in [3.63, 3.8) is 0 Å². The number of rotatable bonds is 3. The van der Waals surface area contributed by atoms with Crippen molar-refractivity contribution in [2.24, 2.45) is 0 Å². The molecule has 3 rings (SSSR count). The molecule has 0 saturated heterocycles. The van der Waals surface area contributed by atoms with Crippen LogP contribution >= 0.6 is 22.6 Å². The number of pyridine rings is 1. The number of fused-ring (bicyclic) bond motifs is 1. The molecule has 0 amide bonds. The van der Waals surface area contributed by atoms with E-state index >= 15 is 0 Å². The zero-order valence-corrected chi connectivity index (χ0v) is 13.5. The van der Waals surface area contributed by atoms with Gasteiger partial charge < -0.3 is 5.11 Å². The lowest BCUT2D eigenvalue weighted by molar-refractivity contribution is 0.103. The first-order valence-corrected chi connectivity index (χ1v) is 7.69. The lowest BCUT2D eigenvalue weighted by atomic mass is 10.0. The van der Waals surface area contributed by atoms with E-state index in [4.69, 9.17) is 0 Å². The second kappa shape index (κ2) is 5.48. The zero-order chi connectivity index (χ0) is 15.0. The van der Waals surface area contributed by atoms with Gasteiger partial charge in [0.05, 0.1) is 20.3 Å². The van der Waals surface area contributed by atoms with Crippen molar-refractivity contribution in [2.45, 2.75) is 13.3 Å². The number of carbonyl (C=O) groups excluding carboxylic acids is 1. The van der Waals surface area contributed by atoms with Crippen molar-refractivity contribution < 1.29 is 9.90 Å². The number of hydrogen-bond acceptors (Lipinski definition) is 3. The smallest absolute Gasteiger partial charge is 0.197 e. The number of phenols is 1. The third kappa shape index (κ3) is 2.42. The molecule has 3 aromatic rings. The molecule has 0 radical (unpaired) electrons. The van der Waals surface area contributed by atoms with Crippen LogP contribution in [-0.4, -0.2) is 20.5 Å². The van der Waals surface area contributed by atoms with Gasteiger partial charge in [-0.25, -0.2) is 4.52 Å². The van der Waals surface area contributed by atoms with Crippen LogP contribution in [0.2, 0.25) is 0 Å². The lowest BCUT2D eigenvalue weighted by Gasteiger charge is -2.04. The Kier molecular flexibility index (Phi) is 3.67. The first-order valence-electron chi connectivity index (χ1n) is 6.61. The number of nitrogens with zero attached hydrogens (tertiary/aromatic N) is 2. The standard InChI is InChI=1S/C16H13IN2O2/c1-2-12-15(13-5-3-4-8-19(13)18-12)16(21)10-6-7-14(20)11(17)9-10/h3-9,20H,2H2,1H3. The molecule has 0 saturated carbocycles. The summed E-state index contributed by atoms with van der Waals surface area (Å²) in [5.41, 5.74) is 2.79. The maximum absolute atomic E-state index is 12.8. The number of aromatic hydroxyl groups is 1. The third-order valence-electron chi connectivity index (χ3n) is 3.38. The fourth-order valence-corrected chi connectivity index (χ4v) is 2.85. The number of halogens is 1. The molecule has 2 aromatic heterocycles. The van der Waals surface area contributed by atoms with Gasteiger partial charge in [-0.2, -0.15) is 5.10 Å². The predicted molar refractivity (Wildman–Crippen MR) is 88.8 cm³/mol. The molecule has 0 aliphatic carbocycles. The van der Waals surface area contributed by atoms with Gasteiger partial charge in [-0.3, -0.25) is 4.79 Å². The quantitative estimate of drug-likeness (QED) is 0.549. The van der Waals surface area contributed by atoms with Crippen LogP contribution in [0, 0.1) is 3.57 Å². The SMILES string of the molecule is CCc1nn2ccccc2c1C(=O)c1ccc(O)c(I)c1. The minimum absolute atomic E-state index is 0.0639. The molecular formula is C16H13IN2O2. The van der Waals surface area contributed by atoms with Crippen LogP contribution in [0.25, 0.3) is 5.52 Å². The Morgan fingerprint density at radius 1 is 1.33 bits per heavy atom. The van der Waals surface area contributed by atoms with E-state index < -0.39 is 0 Å². The van der Waals surface area contributed by atoms with Crippen LogP contribution in [-0.2, 0) is 6.42 Å². The van der Waals surface area contributed by atoms with E-state index in [0.29, 0.717) is 21.1 Å². The van der Waals surface area contributed by atoms with Gasteiger partial charge in [0, 0.05) is 11.8 Å². The molecule has 21 heavy (non-hydrogen) atoms. The fourth-order valence-electron chi connectivity index (χ4n) is 2.33. The molecule has 0 unspecified atom stereocenters. The van der Waals surface area contributed by atoms with Gasteiger partial charge in [0.2, 0.25) is 0 Å². The van der Waals surface area contributed by atoms with Gasteiger partial charge in [0.1, 0.15) is 5.75 Å². The third-order valence-corrected chi connectivity index (χ3v) is 4.25. The average Bonchev–Trinajstić information content (AvgIpc) is 2.87. The van der Waals surface area contributed by atoms with Gasteiger partial charge in [0.25, 0.3) is 0 Å². The van der Waals surface area contributed by atoms with E-state index in [1.165, 1.54) is 0 Å². The molecule has 1 aromatic carbocycles. The highest BCUT2D eigenvalue weighted by atomic mass is 127. The summed E-state index contributed by atoms with van der Waals surface area (Å²) in [6.45, 7) is 1.99. The van der Waals surface area contributed by atoms with Crippen LogP contribution in [0.5, 0.6) is 5.75 Å². The number of benzene rings is 1. The number of aryl methyl sites for hydroxylation is 1. The molecule has 2 heterocycles. The second-order valence-corrected chi connectivity index (χ2v) is 5.86. The van der Waals surface area contributed by atoms with E-state index in [0.717, 1.165) is 11.2 Å². The number of ketones is 1. The van der Waals surface area contributed by atoms with Crippen LogP contribution in [0.1, 0.15) is 28.5 Å². The van der Waals surface area contributed by atoms with Gasteiger partial charge in [-0.05, 0) is 59.3 Å². The largest absolute Gasteiger partial charge is 0.507 e. The Balaban J connectivity index is 2.18. The minimum atomic E-state index is -0.0639. The molecule has 0 aliphatic rings. The maximum Gasteiger partial charge on any atom is 0.197 e. The molecule has 0 aliphatic heterocycles. The molecule has 0 bridgehead atoms. The van der Waals surface area contributed by atoms with Gasteiger partial charge in [-0.1, -0.05) is 13.0 Å². The molecule has 0 atom stereocenters. The maximum atomic E-state index is 12.8. The lowest BCUT2D eigenvalue weighted by Crippen LogP contribution is -2.04. The van der Waals surface area contributed by atoms with E-state index in [2.05, 4.69) is 5.10 Å². The highest BCUT2D eigenvalue weighted by Gasteiger charge is 2.20. The van der Waals surface area contributed by atoms with Crippen molar-refractivity contribution in [1.82, 2.24) is 9.61 Å². The minimum Gasteiger partial charge on any atom is -0.507 e. The monoisotopic (exact) mass is 392 g/mol. The zero-order valence-electron chi connectivity index (χ0n) is 11.4. The molecule has 1 N–H and O–H groups in total. The number of carbonyl (C=O) groups is 1. The van der Waals surface area contributed by atoms with Gasteiger partial charge in [-0.15, -0.1) is 0 Å². The summed E-state index contributed by atoms with van der Waals surface area (Å²) in [5, 5.41) is 14.1. The summed E-state index contributed by atoms with van der Waals surface area (Å²) in [4.78, 5) is 12.8. The predicted octanol–water partition coefficient (Wildman–Crippen LogP) is 3.44. The van der Waals surface area contributed by atoms with Crippen molar-refractivity contribution in [1.29, 1.82) is 0 Å². The highest BCUT2D eigenvalue weighted by molar-refractivity contribution is 14.1. The number of aromatic nitrogens is 2. The average molecular weight is 392 g/mol. The van der Waals surface area contributed by atoms with E-state index in [-0.39, 0.29) is 11.5 Å². The van der Waals surface area contributed by atoms with Crippen LogP contribution in [0.3, 0.4) is 0 Å². The summed E-state index contributed by atoms with van der Waals surface area (Å²) in [7, 11) is 0. The second-order valence-electron chi connectivity index (χ2n) is 4.70. The molecular weight excluding hydrogens is 379 g/mol. The van der Waals surface area contributed by atoms with Gasteiger partial charge >= 0.3 is 0 Å². The Hall–Kier alpha value is -1.89. The Labute approximate surface area is 135 Å². The van der Waals surface area contributed by atoms with E-state index in [9.17, 15) is 9.90 Å². The topological polar surface area (TPSA) is 54.6 Å². The van der Waals surface area contributed by atoms with Crippen molar-refractivity contribution in [3.8, 4) is 5.75 Å². The normalized spacial score (nSPS) is 11.0. The number of phenolic OH excluding ortho intramolecular Hbond substituents is 1. The summed E-state index contributed by atoms with van der Waals surface area (Å²) >= 11 is 2.01. The molecule has 5 heteroatoms. The van der Waals surface area contributed by atoms with Crippen LogP contribution in [0.15, 0.2) is 42.6 Å². The van der Waals surface area contributed by atoms with Crippen molar-refractivity contribution in [3.05, 3.63) is 63.0 Å². The van der Waals surface area contributed by atoms with Gasteiger partial charge in [0.15, 0.2) is 5.78 Å². The Morgan fingerprint density at radius 2 is 2.14 bits per heavy atom. The first kappa shape index (κ1) is 14.1. The van der Waals surface area contributed by atoms with E-state index in [1.54, 1.807) is 22.7 Å². The summed E-state index contributed by atoms with van der Waals surface area (Å²) < 4.78 is 2.39. The fraction of sp³-hybridized carbons (Fsp3) is 0.125. The molecule has 106 valence electrons. The van der Waals surface area contributed by atoms with E-state index in [1.807, 2.05) is 53.9 Å². The first-order chi connectivity index (χ1) is 10.1. The molecule has 0 fully saturated rings. The van der Waals surface area contributed by atoms with Crippen molar-refractivity contribution in [2.75, 3.05) is 0 Å². The molecule has 4 nitrogen and oxygen atoms in total. The van der Waals surface area contributed by atoms with Crippen LogP contribution < -0.4 is 0 Å². The summed E-state index contributed by atoms with van der Waals surface area (Å²) in [6.07, 6.45) is 2.53. The summed E-state index contributed by atoms with van der Waals surface area (Å²) in [5.74, 6) is 0.119. The Bertz CT molecular complexity index is 839. The highest BCUT2D eigenvalue weighted by Crippen LogP contribution is 2.25. The number of hydrogen-bond donors (Lipinski definition) is 1. The van der Waals surface area contributed by atoms with Crippen LogP contribution in [0.4, 0.5) is 0 Å². The summed E-state index contributed by atoms with van der Waals surface area (Å²) in [6, 6.07) is 10.6.